The first kappa shape index (κ1) is 15.8. The molecule has 0 bridgehead atoms. The number of rotatable bonds is 2. The second-order valence-corrected chi connectivity index (χ2v) is 4.03. The molecule has 0 fully saturated rings. The summed E-state index contributed by atoms with van der Waals surface area (Å²) in [5.74, 6) is -2.91. The van der Waals surface area contributed by atoms with Crippen molar-refractivity contribution in [3.05, 3.63) is 17.7 Å². The maximum absolute atomic E-state index is 11.2. The molecule has 0 radical (unpaired) electrons. The topological polar surface area (TPSA) is 141 Å². The first-order valence-corrected chi connectivity index (χ1v) is 4.99. The van der Waals surface area contributed by atoms with Gasteiger partial charge in [0.05, 0.1) is 5.56 Å². The monoisotopic (exact) mass is 271 g/mol. The van der Waals surface area contributed by atoms with Crippen LogP contribution in [0, 0.1) is 0 Å². The first-order chi connectivity index (χ1) is 6.75. The van der Waals surface area contributed by atoms with Crippen LogP contribution in [0.25, 0.3) is 0 Å². The van der Waals surface area contributed by atoms with Crippen molar-refractivity contribution < 1.29 is 79.4 Å². The SMILES string of the molecule is Nc1ccc(S(=O)(=O)O)c(C(=O)O)c1[O-].[K+]. The first-order valence-electron chi connectivity index (χ1n) is 3.55. The van der Waals surface area contributed by atoms with Crippen LogP contribution < -0.4 is 62.2 Å². The van der Waals surface area contributed by atoms with Crippen molar-refractivity contribution in [3.8, 4) is 5.75 Å². The second-order valence-electron chi connectivity index (χ2n) is 2.64. The molecule has 9 heteroatoms. The minimum Gasteiger partial charge on any atom is -0.870 e. The largest absolute Gasteiger partial charge is 1.00 e. The van der Waals surface area contributed by atoms with E-state index in [-0.39, 0.29) is 51.4 Å². The van der Waals surface area contributed by atoms with Crippen LogP contribution in [0.1, 0.15) is 10.4 Å². The van der Waals surface area contributed by atoms with Gasteiger partial charge in [0.25, 0.3) is 10.1 Å². The van der Waals surface area contributed by atoms with Crippen molar-refractivity contribution in [2.45, 2.75) is 4.90 Å². The second kappa shape index (κ2) is 5.45. The fraction of sp³-hybridized carbons (Fsp3) is 0. The molecule has 1 aromatic rings. The average molecular weight is 271 g/mol. The van der Waals surface area contributed by atoms with E-state index >= 15 is 0 Å². The third-order valence-corrected chi connectivity index (χ3v) is 2.54. The number of nitrogens with two attached hydrogens (primary N) is 1. The molecule has 4 N–H and O–H groups in total. The summed E-state index contributed by atoms with van der Waals surface area (Å²) in [7, 11) is -4.75. The normalized spacial score (nSPS) is 10.6. The molecule has 0 unspecified atom stereocenters. The van der Waals surface area contributed by atoms with E-state index in [4.69, 9.17) is 15.4 Å². The van der Waals surface area contributed by atoms with E-state index in [0.29, 0.717) is 0 Å². The number of benzene rings is 1. The van der Waals surface area contributed by atoms with Crippen molar-refractivity contribution in [3.63, 3.8) is 0 Å². The van der Waals surface area contributed by atoms with Crippen molar-refractivity contribution in [2.75, 3.05) is 5.73 Å². The number of aromatic carboxylic acids is 1. The van der Waals surface area contributed by atoms with Gasteiger partial charge in [-0.25, -0.2) is 4.79 Å². The molecule has 7 nitrogen and oxygen atoms in total. The van der Waals surface area contributed by atoms with E-state index in [1.807, 2.05) is 0 Å². The zero-order valence-electron chi connectivity index (χ0n) is 8.17. The smallest absolute Gasteiger partial charge is 0.870 e. The molecular formula is C7H6KNO6S. The van der Waals surface area contributed by atoms with Gasteiger partial charge >= 0.3 is 57.4 Å². The molecule has 1 aromatic carbocycles. The molecule has 1 rings (SSSR count). The average Bonchev–Trinajstić information content (AvgIpc) is 2.06. The fourth-order valence-corrected chi connectivity index (χ4v) is 1.68. The summed E-state index contributed by atoms with van der Waals surface area (Å²) in [6.07, 6.45) is 0. The molecule has 0 heterocycles. The quantitative estimate of drug-likeness (QED) is 0.285. The van der Waals surface area contributed by atoms with Crippen LogP contribution in [0.15, 0.2) is 17.0 Å². The molecule has 0 saturated heterocycles. The van der Waals surface area contributed by atoms with Crippen LogP contribution >= 0.6 is 0 Å². The summed E-state index contributed by atoms with van der Waals surface area (Å²) < 4.78 is 30.1. The van der Waals surface area contributed by atoms with Crippen LogP contribution in [0.2, 0.25) is 0 Å². The Morgan fingerprint density at radius 3 is 2.25 bits per heavy atom. The molecular weight excluding hydrogens is 265 g/mol. The predicted octanol–water partition coefficient (Wildman–Crippen LogP) is -3.71. The minimum absolute atomic E-state index is 0. The summed E-state index contributed by atoms with van der Waals surface area (Å²) in [6.45, 7) is 0. The van der Waals surface area contributed by atoms with E-state index in [1.54, 1.807) is 0 Å². The molecule has 0 aliphatic heterocycles. The molecule has 82 valence electrons. The Bertz CT molecular complexity index is 526. The number of carboxylic acids is 1. The van der Waals surface area contributed by atoms with Crippen molar-refractivity contribution in [2.24, 2.45) is 0 Å². The van der Waals surface area contributed by atoms with Crippen molar-refractivity contribution in [1.82, 2.24) is 0 Å². The fourth-order valence-electron chi connectivity index (χ4n) is 0.998. The van der Waals surface area contributed by atoms with E-state index in [1.165, 1.54) is 0 Å². The van der Waals surface area contributed by atoms with Crippen LogP contribution in [0.3, 0.4) is 0 Å². The van der Waals surface area contributed by atoms with Crippen molar-refractivity contribution in [1.29, 1.82) is 0 Å². The van der Waals surface area contributed by atoms with Crippen LogP contribution in [-0.4, -0.2) is 24.0 Å². The predicted molar refractivity (Wildman–Crippen MR) is 47.1 cm³/mol. The van der Waals surface area contributed by atoms with Gasteiger partial charge in [0.1, 0.15) is 4.90 Å². The summed E-state index contributed by atoms with van der Waals surface area (Å²) in [5, 5.41) is 19.8. The van der Waals surface area contributed by atoms with Crippen LogP contribution in [-0.2, 0) is 10.1 Å². The van der Waals surface area contributed by atoms with Gasteiger partial charge in [0.2, 0.25) is 0 Å². The van der Waals surface area contributed by atoms with E-state index in [2.05, 4.69) is 0 Å². The summed E-state index contributed by atoms with van der Waals surface area (Å²) >= 11 is 0. The van der Waals surface area contributed by atoms with E-state index < -0.39 is 38.0 Å². The number of anilines is 1. The Morgan fingerprint density at radius 1 is 1.38 bits per heavy atom. The van der Waals surface area contributed by atoms with Gasteiger partial charge in [-0.15, -0.1) is 0 Å². The Hall–Kier alpha value is -0.164. The zero-order valence-corrected chi connectivity index (χ0v) is 12.1. The van der Waals surface area contributed by atoms with Gasteiger partial charge in [0, 0.05) is 5.69 Å². The minimum atomic E-state index is -4.75. The third kappa shape index (κ3) is 3.17. The standard InChI is InChI=1S/C7H7NO6S.K/c8-3-1-2-4(15(12,13)14)5(6(3)9)7(10)11;/h1-2,9H,8H2,(H,10,11)(H,12,13,14);/q;+1/p-1. The summed E-state index contributed by atoms with van der Waals surface area (Å²) in [4.78, 5) is 9.65. The summed E-state index contributed by atoms with van der Waals surface area (Å²) in [5.41, 5.74) is 3.66. The molecule has 0 aliphatic rings. The molecule has 0 saturated carbocycles. The van der Waals surface area contributed by atoms with E-state index in [9.17, 15) is 18.3 Å². The van der Waals surface area contributed by atoms with Crippen LogP contribution in [0.5, 0.6) is 5.75 Å². The molecule has 0 spiro atoms. The van der Waals surface area contributed by atoms with Gasteiger partial charge in [-0.3, -0.25) is 4.55 Å². The number of hydrogen-bond acceptors (Lipinski definition) is 5. The van der Waals surface area contributed by atoms with Gasteiger partial charge in [-0.05, 0) is 12.1 Å². The van der Waals surface area contributed by atoms with Gasteiger partial charge < -0.3 is 15.9 Å². The van der Waals surface area contributed by atoms with Crippen molar-refractivity contribution >= 4 is 21.8 Å². The van der Waals surface area contributed by atoms with Crippen LogP contribution in [0.4, 0.5) is 5.69 Å². The maximum atomic E-state index is 11.2. The maximum Gasteiger partial charge on any atom is 1.00 e. The van der Waals surface area contributed by atoms with Gasteiger partial charge in [-0.2, -0.15) is 8.42 Å². The zero-order chi connectivity index (χ0) is 11.8. The summed E-state index contributed by atoms with van der Waals surface area (Å²) in [6, 6.07) is 1.67. The molecule has 0 aliphatic carbocycles. The number of hydrogen-bond donors (Lipinski definition) is 3. The number of carbonyl (C=O) groups is 1. The number of carboxylic acid groups (broad SMARTS) is 1. The van der Waals surface area contributed by atoms with Gasteiger partial charge in [-0.1, -0.05) is 5.75 Å². The number of nitrogen functional groups attached to an aromatic ring is 1. The molecule has 0 aromatic heterocycles. The Labute approximate surface area is 133 Å². The Balaban J connectivity index is 0.00000225. The third-order valence-electron chi connectivity index (χ3n) is 1.64. The Morgan fingerprint density at radius 2 is 1.88 bits per heavy atom. The van der Waals surface area contributed by atoms with E-state index in [0.717, 1.165) is 12.1 Å². The molecule has 0 amide bonds. The van der Waals surface area contributed by atoms with Gasteiger partial charge in [0.15, 0.2) is 0 Å². The molecule has 0 atom stereocenters. The molecule has 16 heavy (non-hydrogen) atoms. The Kier molecular flexibility index (Phi) is 5.39.